The van der Waals surface area contributed by atoms with Gasteiger partial charge < -0.3 is 25.5 Å². The van der Waals surface area contributed by atoms with E-state index in [0.717, 1.165) is 13.1 Å². The first-order valence-electron chi connectivity index (χ1n) is 7.13. The van der Waals surface area contributed by atoms with Crippen LogP contribution < -0.4 is 5.73 Å². The normalized spacial score (nSPS) is 17.9. The minimum absolute atomic E-state index is 0.0125. The quantitative estimate of drug-likeness (QED) is 0.595. The molecule has 8 heteroatoms. The highest BCUT2D eigenvalue weighted by Gasteiger charge is 2.23. The maximum atomic E-state index is 12.0. The first kappa shape index (κ1) is 17.7. The van der Waals surface area contributed by atoms with Crippen LogP contribution in [0.25, 0.3) is 0 Å². The Kier molecular flexibility index (Phi) is 6.86. The number of hydrogen-bond donors (Lipinski definition) is 2. The van der Waals surface area contributed by atoms with E-state index in [4.69, 9.17) is 5.73 Å². The van der Waals surface area contributed by atoms with Gasteiger partial charge in [-0.1, -0.05) is 0 Å². The average molecular weight is 301 g/mol. The molecular formula is C13H27N5O3. The van der Waals surface area contributed by atoms with Crippen molar-refractivity contribution < 1.29 is 14.7 Å². The predicted octanol–water partition coefficient (Wildman–Crippen LogP) is -1.94. The minimum atomic E-state index is -0.603. The molecule has 0 bridgehead atoms. The minimum Gasteiger partial charge on any atom is -0.390 e. The summed E-state index contributed by atoms with van der Waals surface area (Å²) in [5, 5.41) is 9.91. The standard InChI is InChI=1S/C13H27N5O3/c1-15(2)8-11(19)9-17-4-6-18(7-5-17)12(20)10-16(3)13(14)21/h11,19H,4-10H2,1-3H3,(H2,14,21). The molecule has 0 spiro atoms. The Morgan fingerprint density at radius 1 is 1.19 bits per heavy atom. The molecule has 21 heavy (non-hydrogen) atoms. The van der Waals surface area contributed by atoms with Crippen LogP contribution in [-0.4, -0.2) is 110 Å². The molecule has 1 atom stereocenters. The van der Waals surface area contributed by atoms with Gasteiger partial charge in [-0.05, 0) is 14.1 Å². The molecule has 0 aromatic carbocycles. The van der Waals surface area contributed by atoms with Gasteiger partial charge in [-0.3, -0.25) is 9.69 Å². The molecule has 0 aromatic heterocycles. The molecule has 3 N–H and O–H groups in total. The second-order valence-corrected chi connectivity index (χ2v) is 5.79. The Morgan fingerprint density at radius 3 is 2.24 bits per heavy atom. The van der Waals surface area contributed by atoms with Gasteiger partial charge in [0.25, 0.3) is 0 Å². The van der Waals surface area contributed by atoms with Crippen LogP contribution >= 0.6 is 0 Å². The zero-order valence-electron chi connectivity index (χ0n) is 13.2. The van der Waals surface area contributed by atoms with Gasteiger partial charge in [0.05, 0.1) is 6.10 Å². The largest absolute Gasteiger partial charge is 0.390 e. The highest BCUT2D eigenvalue weighted by molar-refractivity contribution is 5.83. The number of aliphatic hydroxyl groups is 1. The maximum absolute atomic E-state index is 12.0. The van der Waals surface area contributed by atoms with Crippen molar-refractivity contribution in [2.45, 2.75) is 6.10 Å². The lowest BCUT2D eigenvalue weighted by atomic mass is 10.2. The van der Waals surface area contributed by atoms with Gasteiger partial charge in [0, 0.05) is 46.3 Å². The van der Waals surface area contributed by atoms with Crippen molar-refractivity contribution in [2.24, 2.45) is 5.73 Å². The lowest BCUT2D eigenvalue weighted by Crippen LogP contribution is -2.53. The van der Waals surface area contributed by atoms with Crippen LogP contribution in [0.2, 0.25) is 0 Å². The number of carbonyl (C=O) groups is 2. The first-order chi connectivity index (χ1) is 9.79. The summed E-state index contributed by atoms with van der Waals surface area (Å²) < 4.78 is 0. The van der Waals surface area contributed by atoms with Crippen molar-refractivity contribution in [2.75, 3.05) is 67.0 Å². The number of nitrogens with two attached hydrogens (primary N) is 1. The number of carbonyl (C=O) groups excluding carboxylic acids is 2. The van der Waals surface area contributed by atoms with Crippen LogP contribution in [0.4, 0.5) is 4.79 Å². The van der Waals surface area contributed by atoms with Crippen LogP contribution in [-0.2, 0) is 4.79 Å². The van der Waals surface area contributed by atoms with E-state index in [9.17, 15) is 14.7 Å². The van der Waals surface area contributed by atoms with Gasteiger partial charge in [0.1, 0.15) is 6.54 Å². The van der Waals surface area contributed by atoms with Crippen molar-refractivity contribution in [3.63, 3.8) is 0 Å². The Bertz CT molecular complexity index is 356. The smallest absolute Gasteiger partial charge is 0.314 e. The Morgan fingerprint density at radius 2 is 1.76 bits per heavy atom. The molecule has 1 aliphatic heterocycles. The number of nitrogens with zero attached hydrogens (tertiary/aromatic N) is 4. The van der Waals surface area contributed by atoms with E-state index < -0.39 is 6.03 Å². The van der Waals surface area contributed by atoms with E-state index >= 15 is 0 Å². The lowest BCUT2D eigenvalue weighted by molar-refractivity contribution is -0.133. The third-order valence-electron chi connectivity index (χ3n) is 3.52. The van der Waals surface area contributed by atoms with Gasteiger partial charge in [-0.15, -0.1) is 0 Å². The lowest BCUT2D eigenvalue weighted by Gasteiger charge is -2.36. The second kappa shape index (κ2) is 8.16. The molecule has 122 valence electrons. The number of urea groups is 1. The number of amides is 3. The van der Waals surface area contributed by atoms with Gasteiger partial charge in [0.2, 0.25) is 5.91 Å². The first-order valence-corrected chi connectivity index (χ1v) is 7.13. The molecule has 8 nitrogen and oxygen atoms in total. The zero-order valence-corrected chi connectivity index (χ0v) is 13.2. The SMILES string of the molecule is CN(C)CC(O)CN1CCN(C(=O)CN(C)C(N)=O)CC1. The summed E-state index contributed by atoms with van der Waals surface area (Å²) in [5.74, 6) is -0.0928. The van der Waals surface area contributed by atoms with Crippen molar-refractivity contribution in [1.82, 2.24) is 19.6 Å². The molecule has 0 aliphatic carbocycles. The molecule has 0 aromatic rings. The van der Waals surface area contributed by atoms with Gasteiger partial charge >= 0.3 is 6.03 Å². The number of piperazine rings is 1. The summed E-state index contributed by atoms with van der Waals surface area (Å²) in [4.78, 5) is 29.9. The molecular weight excluding hydrogens is 274 g/mol. The molecule has 1 heterocycles. The molecule has 0 saturated carbocycles. The molecule has 1 fully saturated rings. The molecule has 1 aliphatic rings. The number of β-amino-alcohol motifs (C(OH)–C–C–N with tert-alkyl or cyclic N) is 1. The summed E-state index contributed by atoms with van der Waals surface area (Å²) in [5.41, 5.74) is 5.11. The van der Waals surface area contributed by atoms with Crippen molar-refractivity contribution in [3.05, 3.63) is 0 Å². The second-order valence-electron chi connectivity index (χ2n) is 5.79. The summed E-state index contributed by atoms with van der Waals surface area (Å²) >= 11 is 0. The van der Waals surface area contributed by atoms with Crippen LogP contribution in [0.5, 0.6) is 0 Å². The zero-order chi connectivity index (χ0) is 16.0. The number of primary amides is 1. The van der Waals surface area contributed by atoms with E-state index in [-0.39, 0.29) is 18.6 Å². The number of hydrogen-bond acceptors (Lipinski definition) is 5. The number of likely N-dealkylation sites (N-methyl/N-ethyl adjacent to an activating group) is 2. The van der Waals surface area contributed by atoms with Crippen molar-refractivity contribution in [3.8, 4) is 0 Å². The Hall–Kier alpha value is -1.38. The van der Waals surface area contributed by atoms with E-state index in [1.165, 1.54) is 11.9 Å². The monoisotopic (exact) mass is 301 g/mol. The van der Waals surface area contributed by atoms with Crippen LogP contribution in [0.1, 0.15) is 0 Å². The van der Waals surface area contributed by atoms with E-state index in [1.807, 2.05) is 19.0 Å². The van der Waals surface area contributed by atoms with E-state index in [2.05, 4.69) is 4.90 Å². The van der Waals surface area contributed by atoms with Crippen molar-refractivity contribution >= 4 is 11.9 Å². The fraction of sp³-hybridized carbons (Fsp3) is 0.846. The van der Waals surface area contributed by atoms with E-state index in [0.29, 0.717) is 26.2 Å². The summed E-state index contributed by atoms with van der Waals surface area (Å²) in [6.07, 6.45) is -0.386. The number of rotatable bonds is 6. The molecule has 1 rings (SSSR count). The highest BCUT2D eigenvalue weighted by atomic mass is 16.3. The van der Waals surface area contributed by atoms with Gasteiger partial charge in [-0.2, -0.15) is 0 Å². The summed E-state index contributed by atoms with van der Waals surface area (Å²) in [7, 11) is 5.36. The average Bonchev–Trinajstić information content (AvgIpc) is 2.38. The van der Waals surface area contributed by atoms with Gasteiger partial charge in [-0.25, -0.2) is 4.79 Å². The Labute approximate surface area is 126 Å². The fourth-order valence-electron chi connectivity index (χ4n) is 2.34. The van der Waals surface area contributed by atoms with Crippen molar-refractivity contribution in [1.29, 1.82) is 0 Å². The summed E-state index contributed by atoms with van der Waals surface area (Å²) in [6, 6.07) is -0.603. The highest BCUT2D eigenvalue weighted by Crippen LogP contribution is 2.04. The predicted molar refractivity (Wildman–Crippen MR) is 79.8 cm³/mol. The fourth-order valence-corrected chi connectivity index (χ4v) is 2.34. The third-order valence-corrected chi connectivity index (χ3v) is 3.52. The maximum Gasteiger partial charge on any atom is 0.314 e. The summed E-state index contributed by atoms with van der Waals surface area (Å²) in [6.45, 7) is 3.94. The van der Waals surface area contributed by atoms with Crippen LogP contribution in [0.15, 0.2) is 0 Å². The van der Waals surface area contributed by atoms with Crippen LogP contribution in [0, 0.1) is 0 Å². The van der Waals surface area contributed by atoms with Crippen LogP contribution in [0.3, 0.4) is 0 Å². The van der Waals surface area contributed by atoms with Gasteiger partial charge in [0.15, 0.2) is 0 Å². The van der Waals surface area contributed by atoms with E-state index in [1.54, 1.807) is 4.90 Å². The molecule has 1 saturated heterocycles. The molecule has 0 radical (unpaired) electrons. The third kappa shape index (κ3) is 6.28. The Balaban J connectivity index is 2.31. The molecule has 3 amide bonds. The number of aliphatic hydroxyl groups excluding tert-OH is 1. The molecule has 1 unspecified atom stereocenters. The topological polar surface area (TPSA) is 93.3 Å².